The van der Waals surface area contributed by atoms with Gasteiger partial charge < -0.3 is 34.5 Å². The van der Waals surface area contributed by atoms with Gasteiger partial charge in [-0.2, -0.15) is 0 Å². The standard InChI is InChI=1S/C33H47NO9/c1-4-6-29-42-26-14-23-22-10-9-19-13-20(35)11-12-31(19,2)30(22)24(36)15-32(23,3)33(26,43-29)25(37)18-40-28-8-5-7-21(41-28)17-39-27(38)16-34/h11-13,21-24,26,28-30,36H,4-10,14-18,34H2,1-3H3. The van der Waals surface area contributed by atoms with Crippen LogP contribution in [-0.2, 0) is 38.1 Å². The molecule has 0 amide bonds. The molecule has 6 aliphatic rings. The highest BCUT2D eigenvalue weighted by Gasteiger charge is 2.75. The van der Waals surface area contributed by atoms with E-state index in [0.717, 1.165) is 37.7 Å². The molecule has 0 bridgehead atoms. The quantitative estimate of drug-likeness (QED) is 0.378. The van der Waals surface area contributed by atoms with Crippen LogP contribution < -0.4 is 5.73 Å². The van der Waals surface area contributed by atoms with E-state index in [4.69, 9.17) is 29.4 Å². The second-order valence-electron chi connectivity index (χ2n) is 13.9. The molecule has 10 heteroatoms. The monoisotopic (exact) mass is 601 g/mol. The Morgan fingerprint density at radius 2 is 2.00 bits per heavy atom. The molecule has 2 saturated heterocycles. The van der Waals surface area contributed by atoms with Crippen LogP contribution in [0.4, 0.5) is 0 Å². The lowest BCUT2D eigenvalue weighted by Crippen LogP contribution is -2.63. The minimum absolute atomic E-state index is 0.00890. The molecule has 0 spiro atoms. The molecular weight excluding hydrogens is 554 g/mol. The van der Waals surface area contributed by atoms with Crippen molar-refractivity contribution in [1.82, 2.24) is 0 Å². The molecule has 2 heterocycles. The minimum Gasteiger partial charge on any atom is -0.462 e. The average molecular weight is 602 g/mol. The fourth-order valence-corrected chi connectivity index (χ4v) is 9.63. The minimum atomic E-state index is -1.23. The normalized spacial score (nSPS) is 45.0. The third-order valence-corrected chi connectivity index (χ3v) is 11.5. The molecule has 4 aliphatic carbocycles. The highest BCUT2D eigenvalue weighted by molar-refractivity contribution is 6.01. The third kappa shape index (κ3) is 5.06. The predicted octanol–water partition coefficient (Wildman–Crippen LogP) is 3.14. The van der Waals surface area contributed by atoms with E-state index in [1.165, 1.54) is 0 Å². The number of aliphatic hydroxyl groups is 1. The van der Waals surface area contributed by atoms with Gasteiger partial charge in [-0.25, -0.2) is 0 Å². The number of Topliss-reactive ketones (excluding diaryl/α,β-unsaturated/α-hetero) is 1. The number of fused-ring (bicyclic) bond motifs is 7. The molecule has 10 nitrogen and oxygen atoms in total. The van der Waals surface area contributed by atoms with Crippen LogP contribution in [-0.4, -0.2) is 78.9 Å². The van der Waals surface area contributed by atoms with Crippen molar-refractivity contribution in [1.29, 1.82) is 0 Å². The molecule has 6 rings (SSSR count). The molecule has 3 saturated carbocycles. The van der Waals surface area contributed by atoms with Gasteiger partial charge in [-0.3, -0.25) is 14.4 Å². The first-order valence-electron chi connectivity index (χ1n) is 16.2. The summed E-state index contributed by atoms with van der Waals surface area (Å²) >= 11 is 0. The molecule has 5 fully saturated rings. The molecular formula is C33H47NO9. The number of carbonyl (C=O) groups excluding carboxylic acids is 3. The molecule has 11 unspecified atom stereocenters. The van der Waals surface area contributed by atoms with Crippen molar-refractivity contribution >= 4 is 17.5 Å². The second kappa shape index (κ2) is 11.8. The summed E-state index contributed by atoms with van der Waals surface area (Å²) in [5.41, 5.74) is 4.15. The van der Waals surface area contributed by atoms with Crippen LogP contribution in [0.1, 0.15) is 78.6 Å². The number of aliphatic hydroxyl groups excluding tert-OH is 1. The molecule has 11 atom stereocenters. The van der Waals surface area contributed by atoms with Crippen LogP contribution in [0.25, 0.3) is 0 Å². The van der Waals surface area contributed by atoms with Crippen molar-refractivity contribution in [2.45, 2.75) is 115 Å². The van der Waals surface area contributed by atoms with Crippen molar-refractivity contribution < 1.29 is 43.2 Å². The van der Waals surface area contributed by atoms with Gasteiger partial charge in [0.2, 0.25) is 0 Å². The predicted molar refractivity (Wildman–Crippen MR) is 154 cm³/mol. The maximum absolute atomic E-state index is 14.4. The SMILES string of the molecule is CCCC1OC2CC3C4CCC5=CC(=O)C=CC5(C)C4C(O)CC3(C)C2(C(=O)COC2CCCC(COC(=O)CN)O2)O1. The Bertz CT molecular complexity index is 1180. The number of nitrogens with two attached hydrogens (primary N) is 1. The first-order valence-corrected chi connectivity index (χ1v) is 16.2. The van der Waals surface area contributed by atoms with E-state index in [-0.39, 0.29) is 55.2 Å². The van der Waals surface area contributed by atoms with E-state index in [1.54, 1.807) is 12.2 Å². The number of rotatable bonds is 9. The van der Waals surface area contributed by atoms with Gasteiger partial charge in [0, 0.05) is 16.7 Å². The Morgan fingerprint density at radius 1 is 1.19 bits per heavy atom. The topological polar surface area (TPSA) is 144 Å². The number of esters is 1. The summed E-state index contributed by atoms with van der Waals surface area (Å²) in [6.07, 6.45) is 9.35. The van der Waals surface area contributed by atoms with Gasteiger partial charge in [0.25, 0.3) is 0 Å². The average Bonchev–Trinajstić information content (AvgIpc) is 3.47. The van der Waals surface area contributed by atoms with E-state index in [2.05, 4.69) is 20.8 Å². The van der Waals surface area contributed by atoms with Crippen molar-refractivity contribution in [3.05, 3.63) is 23.8 Å². The Hall–Kier alpha value is -1.95. The number of ether oxygens (including phenoxy) is 5. The van der Waals surface area contributed by atoms with Gasteiger partial charge in [0.05, 0.1) is 24.9 Å². The molecule has 0 aromatic carbocycles. The van der Waals surface area contributed by atoms with E-state index < -0.39 is 47.2 Å². The number of carbonyl (C=O) groups is 3. The van der Waals surface area contributed by atoms with Crippen molar-refractivity contribution in [3.8, 4) is 0 Å². The first kappa shape index (κ1) is 31.0. The zero-order valence-corrected chi connectivity index (χ0v) is 25.6. The highest BCUT2D eigenvalue weighted by atomic mass is 16.7. The van der Waals surface area contributed by atoms with Crippen LogP contribution in [0.5, 0.6) is 0 Å². The lowest BCUT2D eigenvalue weighted by Gasteiger charge is -2.59. The van der Waals surface area contributed by atoms with Crippen molar-refractivity contribution in [2.75, 3.05) is 19.8 Å². The first-order chi connectivity index (χ1) is 20.6. The highest BCUT2D eigenvalue weighted by Crippen LogP contribution is 2.69. The van der Waals surface area contributed by atoms with Crippen LogP contribution in [0, 0.1) is 28.6 Å². The summed E-state index contributed by atoms with van der Waals surface area (Å²) in [6, 6.07) is 0. The van der Waals surface area contributed by atoms with Gasteiger partial charge in [-0.1, -0.05) is 38.8 Å². The van der Waals surface area contributed by atoms with Gasteiger partial charge >= 0.3 is 5.97 Å². The maximum Gasteiger partial charge on any atom is 0.319 e. The Morgan fingerprint density at radius 3 is 2.77 bits per heavy atom. The number of ketones is 2. The summed E-state index contributed by atoms with van der Waals surface area (Å²) in [5, 5.41) is 11.9. The maximum atomic E-state index is 14.4. The second-order valence-corrected chi connectivity index (χ2v) is 13.9. The smallest absolute Gasteiger partial charge is 0.319 e. The summed E-state index contributed by atoms with van der Waals surface area (Å²) in [4.78, 5) is 38.1. The summed E-state index contributed by atoms with van der Waals surface area (Å²) in [6.45, 7) is 6.05. The summed E-state index contributed by atoms with van der Waals surface area (Å²) < 4.78 is 30.5. The fraction of sp³-hybridized carbons (Fsp3) is 0.788. The fourth-order valence-electron chi connectivity index (χ4n) is 9.63. The lowest BCUT2D eigenvalue weighted by molar-refractivity contribution is -0.220. The van der Waals surface area contributed by atoms with Crippen LogP contribution in [0.2, 0.25) is 0 Å². The Labute approximate surface area is 253 Å². The number of hydrogen-bond donors (Lipinski definition) is 2. The van der Waals surface area contributed by atoms with Gasteiger partial charge in [0.1, 0.15) is 13.2 Å². The van der Waals surface area contributed by atoms with Crippen molar-refractivity contribution in [2.24, 2.45) is 34.3 Å². The Kier molecular flexibility index (Phi) is 8.50. The molecule has 0 radical (unpaired) electrons. The van der Waals surface area contributed by atoms with Gasteiger partial charge in [-0.15, -0.1) is 0 Å². The van der Waals surface area contributed by atoms with E-state index in [9.17, 15) is 19.5 Å². The third-order valence-electron chi connectivity index (χ3n) is 11.5. The molecule has 0 aromatic rings. The molecule has 2 aliphatic heterocycles. The van der Waals surface area contributed by atoms with E-state index >= 15 is 0 Å². The van der Waals surface area contributed by atoms with Gasteiger partial charge in [-0.05, 0) is 75.4 Å². The largest absolute Gasteiger partial charge is 0.462 e. The molecule has 43 heavy (non-hydrogen) atoms. The van der Waals surface area contributed by atoms with Crippen LogP contribution in [0.3, 0.4) is 0 Å². The number of allylic oxidation sites excluding steroid dienone is 4. The number of hydrogen-bond acceptors (Lipinski definition) is 10. The van der Waals surface area contributed by atoms with Crippen LogP contribution in [0.15, 0.2) is 23.8 Å². The van der Waals surface area contributed by atoms with E-state index in [1.807, 2.05) is 6.08 Å². The Balaban J connectivity index is 1.23. The zero-order chi connectivity index (χ0) is 30.6. The molecule has 0 aromatic heterocycles. The summed E-state index contributed by atoms with van der Waals surface area (Å²) in [5.74, 6) is -0.438. The zero-order valence-electron chi connectivity index (χ0n) is 25.6. The molecule has 238 valence electrons. The summed E-state index contributed by atoms with van der Waals surface area (Å²) in [7, 11) is 0. The molecule has 3 N–H and O–H groups in total. The van der Waals surface area contributed by atoms with Gasteiger partial charge in [0.15, 0.2) is 29.7 Å². The van der Waals surface area contributed by atoms with Crippen molar-refractivity contribution in [3.63, 3.8) is 0 Å². The lowest BCUT2D eigenvalue weighted by atomic mass is 9.46. The van der Waals surface area contributed by atoms with Crippen LogP contribution >= 0.6 is 0 Å². The van der Waals surface area contributed by atoms with E-state index in [0.29, 0.717) is 25.7 Å².